The highest BCUT2D eigenvalue weighted by atomic mass is 15.2. The number of nitrogens with one attached hydrogen (secondary N) is 1. The summed E-state index contributed by atoms with van der Waals surface area (Å²) in [6, 6.07) is 1.36. The van der Waals surface area contributed by atoms with Gasteiger partial charge in [-0.15, -0.1) is 0 Å². The molecule has 1 heterocycles. The number of likely N-dealkylation sites (tertiary alicyclic amines) is 1. The molecule has 1 aliphatic heterocycles. The minimum Gasteiger partial charge on any atom is -0.314 e. The molecule has 0 aromatic heterocycles. The van der Waals surface area contributed by atoms with E-state index in [0.717, 1.165) is 12.0 Å². The molecule has 0 saturated carbocycles. The van der Waals surface area contributed by atoms with Crippen molar-refractivity contribution in [3.05, 3.63) is 0 Å². The van der Waals surface area contributed by atoms with Gasteiger partial charge in [0.1, 0.15) is 0 Å². The molecule has 0 amide bonds. The summed E-state index contributed by atoms with van der Waals surface area (Å²) in [6.45, 7) is 11.8. The average molecular weight is 241 g/mol. The van der Waals surface area contributed by atoms with Crippen molar-refractivity contribution in [3.8, 4) is 0 Å². The SMILES string of the molecule is CC(C)NCC1CCN(C(C)CCN(C)C)C1. The third-order valence-electron chi connectivity index (χ3n) is 3.75. The van der Waals surface area contributed by atoms with Crippen LogP contribution in [0.15, 0.2) is 0 Å². The highest BCUT2D eigenvalue weighted by molar-refractivity contribution is 4.81. The van der Waals surface area contributed by atoms with Gasteiger partial charge in [0, 0.05) is 18.6 Å². The molecule has 0 bridgehead atoms. The molecule has 1 saturated heterocycles. The molecule has 2 unspecified atom stereocenters. The van der Waals surface area contributed by atoms with E-state index in [2.05, 4.69) is 50.0 Å². The van der Waals surface area contributed by atoms with Crippen molar-refractivity contribution in [3.63, 3.8) is 0 Å². The fraction of sp³-hybridized carbons (Fsp3) is 1.00. The second-order valence-corrected chi connectivity index (χ2v) is 6.15. The number of hydrogen-bond donors (Lipinski definition) is 1. The minimum absolute atomic E-state index is 0.621. The Morgan fingerprint density at radius 3 is 2.59 bits per heavy atom. The Morgan fingerprint density at radius 1 is 1.29 bits per heavy atom. The van der Waals surface area contributed by atoms with Gasteiger partial charge in [0.2, 0.25) is 0 Å². The summed E-state index contributed by atoms with van der Waals surface area (Å²) < 4.78 is 0. The summed E-state index contributed by atoms with van der Waals surface area (Å²) in [6.07, 6.45) is 2.66. The lowest BCUT2D eigenvalue weighted by molar-refractivity contribution is 0.219. The molecule has 1 aliphatic rings. The highest BCUT2D eigenvalue weighted by Crippen LogP contribution is 2.19. The van der Waals surface area contributed by atoms with E-state index >= 15 is 0 Å². The fourth-order valence-corrected chi connectivity index (χ4v) is 2.46. The highest BCUT2D eigenvalue weighted by Gasteiger charge is 2.25. The van der Waals surface area contributed by atoms with Gasteiger partial charge in [0.05, 0.1) is 0 Å². The molecular weight excluding hydrogens is 210 g/mol. The topological polar surface area (TPSA) is 18.5 Å². The monoisotopic (exact) mass is 241 g/mol. The van der Waals surface area contributed by atoms with Crippen LogP contribution < -0.4 is 5.32 Å². The lowest BCUT2D eigenvalue weighted by atomic mass is 10.1. The van der Waals surface area contributed by atoms with Crippen molar-refractivity contribution >= 4 is 0 Å². The van der Waals surface area contributed by atoms with E-state index in [1.54, 1.807) is 0 Å². The van der Waals surface area contributed by atoms with E-state index in [9.17, 15) is 0 Å². The predicted octanol–water partition coefficient (Wildman–Crippen LogP) is 1.65. The number of rotatable bonds is 7. The Kier molecular flexibility index (Phi) is 6.45. The van der Waals surface area contributed by atoms with E-state index in [0.29, 0.717) is 6.04 Å². The van der Waals surface area contributed by atoms with Crippen LogP contribution in [-0.2, 0) is 0 Å². The summed E-state index contributed by atoms with van der Waals surface area (Å²) >= 11 is 0. The summed E-state index contributed by atoms with van der Waals surface area (Å²) in [7, 11) is 4.32. The number of nitrogens with zero attached hydrogens (tertiary/aromatic N) is 2. The van der Waals surface area contributed by atoms with Crippen molar-refractivity contribution < 1.29 is 0 Å². The Balaban J connectivity index is 2.19. The molecule has 3 heteroatoms. The fourth-order valence-electron chi connectivity index (χ4n) is 2.46. The maximum absolute atomic E-state index is 3.56. The van der Waals surface area contributed by atoms with Gasteiger partial charge < -0.3 is 15.1 Å². The van der Waals surface area contributed by atoms with Crippen LogP contribution in [0, 0.1) is 5.92 Å². The third kappa shape index (κ3) is 5.84. The summed E-state index contributed by atoms with van der Waals surface area (Å²) in [5, 5.41) is 3.56. The Bertz CT molecular complexity index is 204. The van der Waals surface area contributed by atoms with E-state index < -0.39 is 0 Å². The molecule has 2 atom stereocenters. The third-order valence-corrected chi connectivity index (χ3v) is 3.75. The largest absolute Gasteiger partial charge is 0.314 e. The van der Waals surface area contributed by atoms with Crippen LogP contribution >= 0.6 is 0 Å². The normalized spacial score (nSPS) is 23.8. The van der Waals surface area contributed by atoms with Crippen LogP contribution in [-0.4, -0.2) is 62.2 Å². The molecule has 17 heavy (non-hydrogen) atoms. The second-order valence-electron chi connectivity index (χ2n) is 6.15. The van der Waals surface area contributed by atoms with Crippen LogP contribution in [0.2, 0.25) is 0 Å². The summed E-state index contributed by atoms with van der Waals surface area (Å²) in [5.41, 5.74) is 0. The molecule has 0 aromatic carbocycles. The van der Waals surface area contributed by atoms with Crippen LogP contribution in [0.5, 0.6) is 0 Å². The van der Waals surface area contributed by atoms with Gasteiger partial charge in [-0.1, -0.05) is 13.8 Å². The Hall–Kier alpha value is -0.120. The van der Waals surface area contributed by atoms with Gasteiger partial charge >= 0.3 is 0 Å². The summed E-state index contributed by atoms with van der Waals surface area (Å²) in [5.74, 6) is 0.860. The first kappa shape index (κ1) is 14.9. The smallest absolute Gasteiger partial charge is 0.00792 e. The average Bonchev–Trinajstić information content (AvgIpc) is 2.71. The van der Waals surface area contributed by atoms with Gasteiger partial charge in [-0.25, -0.2) is 0 Å². The van der Waals surface area contributed by atoms with Crippen LogP contribution in [0.1, 0.15) is 33.6 Å². The molecule has 0 radical (unpaired) electrons. The Labute approximate surface area is 108 Å². The zero-order chi connectivity index (χ0) is 12.8. The van der Waals surface area contributed by atoms with Gasteiger partial charge in [-0.3, -0.25) is 0 Å². The van der Waals surface area contributed by atoms with E-state index in [1.165, 1.54) is 39.0 Å². The van der Waals surface area contributed by atoms with Crippen LogP contribution in [0.25, 0.3) is 0 Å². The van der Waals surface area contributed by atoms with Gasteiger partial charge in [-0.05, 0) is 59.4 Å². The zero-order valence-electron chi connectivity index (χ0n) is 12.4. The van der Waals surface area contributed by atoms with Crippen molar-refractivity contribution in [2.75, 3.05) is 40.3 Å². The first-order valence-corrected chi connectivity index (χ1v) is 7.11. The van der Waals surface area contributed by atoms with Gasteiger partial charge in [0.15, 0.2) is 0 Å². The zero-order valence-corrected chi connectivity index (χ0v) is 12.4. The number of hydrogen-bond acceptors (Lipinski definition) is 3. The standard InChI is InChI=1S/C14H31N3/c1-12(2)15-10-14-7-9-17(11-14)13(3)6-8-16(4)5/h12-15H,6-11H2,1-5H3. The van der Waals surface area contributed by atoms with Crippen molar-refractivity contribution in [2.45, 2.75) is 45.7 Å². The molecular formula is C14H31N3. The van der Waals surface area contributed by atoms with Crippen molar-refractivity contribution in [1.29, 1.82) is 0 Å². The van der Waals surface area contributed by atoms with E-state index in [4.69, 9.17) is 0 Å². The molecule has 0 aliphatic carbocycles. The molecule has 0 spiro atoms. The molecule has 1 N–H and O–H groups in total. The Morgan fingerprint density at radius 2 is 2.00 bits per heavy atom. The quantitative estimate of drug-likeness (QED) is 0.731. The van der Waals surface area contributed by atoms with Crippen molar-refractivity contribution in [2.24, 2.45) is 5.92 Å². The van der Waals surface area contributed by atoms with Gasteiger partial charge in [-0.2, -0.15) is 0 Å². The summed E-state index contributed by atoms with van der Waals surface area (Å²) in [4.78, 5) is 4.94. The van der Waals surface area contributed by atoms with Crippen LogP contribution in [0.3, 0.4) is 0 Å². The molecule has 1 rings (SSSR count). The van der Waals surface area contributed by atoms with Crippen molar-refractivity contribution in [1.82, 2.24) is 15.1 Å². The predicted molar refractivity (Wildman–Crippen MR) is 75.5 cm³/mol. The second kappa shape index (κ2) is 7.34. The lowest BCUT2D eigenvalue weighted by Crippen LogP contribution is -2.35. The lowest BCUT2D eigenvalue weighted by Gasteiger charge is -2.25. The molecule has 0 aromatic rings. The molecule has 3 nitrogen and oxygen atoms in total. The van der Waals surface area contributed by atoms with E-state index in [-0.39, 0.29) is 0 Å². The van der Waals surface area contributed by atoms with E-state index in [1.807, 2.05) is 0 Å². The maximum atomic E-state index is 3.56. The minimum atomic E-state index is 0.621. The first-order valence-electron chi connectivity index (χ1n) is 7.11. The molecule has 1 fully saturated rings. The van der Waals surface area contributed by atoms with Gasteiger partial charge in [0.25, 0.3) is 0 Å². The first-order chi connectivity index (χ1) is 7.99. The maximum Gasteiger partial charge on any atom is 0.00792 e. The molecule has 102 valence electrons. The van der Waals surface area contributed by atoms with Crippen LogP contribution in [0.4, 0.5) is 0 Å².